The van der Waals surface area contributed by atoms with Gasteiger partial charge in [0, 0.05) is 0 Å². The third kappa shape index (κ3) is 3.82. The van der Waals surface area contributed by atoms with Crippen molar-refractivity contribution in [3.8, 4) is 0 Å². The van der Waals surface area contributed by atoms with Crippen molar-refractivity contribution >= 4 is 0 Å². The van der Waals surface area contributed by atoms with Crippen LogP contribution in [-0.4, -0.2) is 24.4 Å². The third-order valence-corrected chi connectivity index (χ3v) is 5.81. The summed E-state index contributed by atoms with van der Waals surface area (Å²) in [6.07, 6.45) is 4.02. The molecular weight excluding hydrogens is 336 g/mol. The van der Waals surface area contributed by atoms with E-state index < -0.39 is 0 Å². The maximum Gasteiger partial charge on any atom is 0.122 e. The van der Waals surface area contributed by atoms with E-state index in [1.54, 1.807) is 0 Å². The molecule has 2 saturated heterocycles. The van der Waals surface area contributed by atoms with Crippen LogP contribution in [0, 0.1) is 0 Å². The first-order valence-corrected chi connectivity index (χ1v) is 10.3. The molecule has 4 rings (SSSR count). The summed E-state index contributed by atoms with van der Waals surface area (Å²) in [6.45, 7) is 5.96. The Morgan fingerprint density at radius 1 is 0.741 bits per heavy atom. The van der Waals surface area contributed by atoms with Crippen LogP contribution in [0.2, 0.25) is 0 Å². The Morgan fingerprint density at radius 3 is 1.41 bits per heavy atom. The van der Waals surface area contributed by atoms with E-state index in [4.69, 9.17) is 14.2 Å². The van der Waals surface area contributed by atoms with Crippen LogP contribution in [0.25, 0.3) is 0 Å². The zero-order chi connectivity index (χ0) is 18.7. The van der Waals surface area contributed by atoms with Gasteiger partial charge >= 0.3 is 0 Å². The second kappa shape index (κ2) is 7.75. The highest BCUT2D eigenvalue weighted by molar-refractivity contribution is 5.27. The first-order valence-electron chi connectivity index (χ1n) is 10.3. The number of epoxide rings is 2. The molecule has 0 radical (unpaired) electrons. The minimum atomic E-state index is -0.203. The highest BCUT2D eigenvalue weighted by Crippen LogP contribution is 2.53. The van der Waals surface area contributed by atoms with Crippen molar-refractivity contribution in [1.82, 2.24) is 0 Å². The molecule has 0 amide bonds. The highest BCUT2D eigenvalue weighted by Gasteiger charge is 2.58. The lowest BCUT2D eigenvalue weighted by molar-refractivity contribution is -0.0933. The van der Waals surface area contributed by atoms with Crippen molar-refractivity contribution in [3.63, 3.8) is 0 Å². The summed E-state index contributed by atoms with van der Waals surface area (Å²) in [5, 5.41) is 0. The fourth-order valence-corrected chi connectivity index (χ4v) is 4.29. The topological polar surface area (TPSA) is 34.3 Å². The van der Waals surface area contributed by atoms with Gasteiger partial charge in [-0.05, 0) is 24.0 Å². The van der Waals surface area contributed by atoms with Crippen molar-refractivity contribution in [1.29, 1.82) is 0 Å². The lowest BCUT2D eigenvalue weighted by Crippen LogP contribution is -2.32. The zero-order valence-electron chi connectivity index (χ0n) is 16.4. The molecule has 0 saturated carbocycles. The van der Waals surface area contributed by atoms with E-state index in [1.807, 2.05) is 0 Å². The van der Waals surface area contributed by atoms with E-state index in [2.05, 4.69) is 74.5 Å². The molecule has 2 aromatic carbocycles. The lowest BCUT2D eigenvalue weighted by atomic mass is 9.89. The maximum absolute atomic E-state index is 6.93. The molecule has 4 unspecified atom stereocenters. The van der Waals surface area contributed by atoms with Crippen LogP contribution in [0.1, 0.15) is 62.9 Å². The smallest absolute Gasteiger partial charge is 0.122 e. The average molecular weight is 367 g/mol. The second-order valence-electron chi connectivity index (χ2n) is 7.92. The predicted octanol–water partition coefficient (Wildman–Crippen LogP) is 5.62. The molecule has 2 aliphatic heterocycles. The summed E-state index contributed by atoms with van der Waals surface area (Å²) in [6, 6.07) is 21.1. The first kappa shape index (κ1) is 18.7. The number of hydrogen-bond acceptors (Lipinski definition) is 3. The molecule has 2 aliphatic rings. The molecule has 3 nitrogen and oxygen atoms in total. The summed E-state index contributed by atoms with van der Waals surface area (Å²) in [5.74, 6) is 0. The van der Waals surface area contributed by atoms with E-state index in [0.29, 0.717) is 0 Å². The number of rotatable bonds is 10. The summed E-state index contributed by atoms with van der Waals surface area (Å²) >= 11 is 0. The van der Waals surface area contributed by atoms with Crippen molar-refractivity contribution in [2.45, 2.75) is 62.9 Å². The van der Waals surface area contributed by atoms with Crippen LogP contribution in [-0.2, 0) is 14.2 Å². The van der Waals surface area contributed by atoms with Crippen molar-refractivity contribution in [2.75, 3.05) is 13.2 Å². The minimum absolute atomic E-state index is 0.0817. The van der Waals surface area contributed by atoms with Crippen LogP contribution in [0.15, 0.2) is 60.7 Å². The molecule has 144 valence electrons. The van der Waals surface area contributed by atoms with Gasteiger partial charge in [0.15, 0.2) is 0 Å². The lowest BCUT2D eigenvalue weighted by Gasteiger charge is -2.33. The van der Waals surface area contributed by atoms with E-state index in [1.165, 1.54) is 11.1 Å². The van der Waals surface area contributed by atoms with Crippen LogP contribution in [0.5, 0.6) is 0 Å². The van der Waals surface area contributed by atoms with E-state index >= 15 is 0 Å². The molecule has 0 aliphatic carbocycles. The highest BCUT2D eigenvalue weighted by atomic mass is 16.7. The van der Waals surface area contributed by atoms with E-state index in [-0.39, 0.29) is 23.4 Å². The number of benzene rings is 2. The van der Waals surface area contributed by atoms with Crippen LogP contribution in [0.4, 0.5) is 0 Å². The van der Waals surface area contributed by atoms with Crippen molar-refractivity contribution in [2.24, 2.45) is 0 Å². The molecule has 2 fully saturated rings. The van der Waals surface area contributed by atoms with Gasteiger partial charge in [-0.15, -0.1) is 0 Å². The third-order valence-electron chi connectivity index (χ3n) is 5.81. The average Bonchev–Trinajstić information content (AvgIpc) is 3.63. The van der Waals surface area contributed by atoms with Gasteiger partial charge < -0.3 is 14.2 Å². The summed E-state index contributed by atoms with van der Waals surface area (Å²) in [5.41, 5.74) is 1.98. The Hall–Kier alpha value is -1.68. The SMILES string of the molecule is CCCC1(C(OC(c2ccccc2)C2(CCC)CO2)c2ccccc2)CO1. The Morgan fingerprint density at radius 2 is 1.11 bits per heavy atom. The van der Waals surface area contributed by atoms with Crippen LogP contribution < -0.4 is 0 Å². The minimum Gasteiger partial charge on any atom is -0.366 e. The maximum atomic E-state index is 6.93. The molecular formula is C24H30O3. The van der Waals surface area contributed by atoms with E-state index in [0.717, 1.165) is 38.9 Å². The summed E-state index contributed by atoms with van der Waals surface area (Å²) in [4.78, 5) is 0. The molecule has 0 aromatic heterocycles. The molecule has 3 heteroatoms. The molecule has 27 heavy (non-hydrogen) atoms. The molecule has 2 aromatic rings. The van der Waals surface area contributed by atoms with Crippen molar-refractivity contribution < 1.29 is 14.2 Å². The van der Waals surface area contributed by atoms with Gasteiger partial charge in [-0.2, -0.15) is 0 Å². The Bertz CT molecular complexity index is 656. The fraction of sp³-hybridized carbons (Fsp3) is 0.500. The van der Waals surface area contributed by atoms with Gasteiger partial charge in [0.05, 0.1) is 13.2 Å². The van der Waals surface area contributed by atoms with Gasteiger partial charge in [0.25, 0.3) is 0 Å². The van der Waals surface area contributed by atoms with Gasteiger partial charge in [-0.3, -0.25) is 0 Å². The second-order valence-corrected chi connectivity index (χ2v) is 7.92. The molecule has 4 atom stereocenters. The molecule has 0 bridgehead atoms. The fourth-order valence-electron chi connectivity index (χ4n) is 4.29. The summed E-state index contributed by atoms with van der Waals surface area (Å²) < 4.78 is 19.0. The Balaban J connectivity index is 1.69. The molecule has 0 spiro atoms. The van der Waals surface area contributed by atoms with Gasteiger partial charge in [-0.25, -0.2) is 0 Å². The summed E-state index contributed by atoms with van der Waals surface area (Å²) in [7, 11) is 0. The Kier molecular flexibility index (Phi) is 5.36. The normalized spacial score (nSPS) is 28.5. The first-order chi connectivity index (χ1) is 13.2. The molecule has 0 N–H and O–H groups in total. The largest absolute Gasteiger partial charge is 0.366 e. The van der Waals surface area contributed by atoms with Gasteiger partial charge in [0.2, 0.25) is 0 Å². The standard InChI is InChI=1S/C24H30O3/c1-3-15-23(17-25-23)21(19-11-7-5-8-12-19)27-22(20-13-9-6-10-14-20)24(16-4-2)18-26-24/h5-14,21-22H,3-4,15-18H2,1-2H3. The van der Waals surface area contributed by atoms with Crippen molar-refractivity contribution in [3.05, 3.63) is 71.8 Å². The van der Waals surface area contributed by atoms with Gasteiger partial charge in [0.1, 0.15) is 23.4 Å². The van der Waals surface area contributed by atoms with Crippen LogP contribution in [0.3, 0.4) is 0 Å². The Labute approximate surface area is 162 Å². The van der Waals surface area contributed by atoms with Crippen LogP contribution >= 0.6 is 0 Å². The quantitative estimate of drug-likeness (QED) is 0.512. The number of hydrogen-bond donors (Lipinski definition) is 0. The zero-order valence-corrected chi connectivity index (χ0v) is 16.4. The van der Waals surface area contributed by atoms with Gasteiger partial charge in [-0.1, -0.05) is 87.4 Å². The number of ether oxygens (including phenoxy) is 3. The predicted molar refractivity (Wildman–Crippen MR) is 107 cm³/mol. The molecule has 2 heterocycles. The van der Waals surface area contributed by atoms with E-state index in [9.17, 15) is 0 Å². The monoisotopic (exact) mass is 366 g/mol.